The second-order valence-electron chi connectivity index (χ2n) is 15.3. The second-order valence-corrected chi connectivity index (χ2v) is 15.3. The van der Waals surface area contributed by atoms with Crippen molar-refractivity contribution in [3.63, 3.8) is 0 Å². The summed E-state index contributed by atoms with van der Waals surface area (Å²) in [6, 6.07) is 62.7. The predicted molar refractivity (Wildman–Crippen MR) is 244 cm³/mol. The maximum absolute atomic E-state index is 6.92. The third-order valence-corrected chi connectivity index (χ3v) is 12.1. The quantitative estimate of drug-likeness (QED) is 0.169. The Bertz CT molecular complexity index is 3560. The van der Waals surface area contributed by atoms with Gasteiger partial charge in [-0.1, -0.05) is 152 Å². The molecule has 3 heteroatoms. The Morgan fingerprint density at radius 1 is 0.414 bits per heavy atom. The van der Waals surface area contributed by atoms with Gasteiger partial charge in [0.2, 0.25) is 0 Å². The van der Waals surface area contributed by atoms with Crippen LogP contribution in [0.3, 0.4) is 0 Å². The lowest BCUT2D eigenvalue weighted by molar-refractivity contribution is 0.667. The lowest BCUT2D eigenvalue weighted by Gasteiger charge is -2.13. The molecule has 1 aliphatic heterocycles. The number of nitrogens with zero attached hydrogens (tertiary/aromatic N) is 1. The first kappa shape index (κ1) is 32.7. The maximum atomic E-state index is 6.92. The molecule has 3 heterocycles. The Hall–Kier alpha value is -7.49. The maximum Gasteiger partial charge on any atom is 0.143 e. The van der Waals surface area contributed by atoms with Crippen molar-refractivity contribution in [2.45, 2.75) is 13.3 Å². The van der Waals surface area contributed by atoms with Gasteiger partial charge in [-0.3, -0.25) is 4.99 Å². The molecule has 0 aliphatic carbocycles. The van der Waals surface area contributed by atoms with Crippen LogP contribution in [-0.4, -0.2) is 5.71 Å². The molecule has 0 fully saturated rings. The summed E-state index contributed by atoms with van der Waals surface area (Å²) in [7, 11) is 0. The van der Waals surface area contributed by atoms with E-state index < -0.39 is 0 Å². The zero-order valence-electron chi connectivity index (χ0n) is 31.8. The van der Waals surface area contributed by atoms with E-state index in [0.29, 0.717) is 6.42 Å². The Labute approximate surface area is 334 Å². The zero-order valence-corrected chi connectivity index (χ0v) is 31.8. The van der Waals surface area contributed by atoms with Crippen LogP contribution >= 0.6 is 0 Å². The number of hydrogen-bond acceptors (Lipinski definition) is 3. The van der Waals surface area contributed by atoms with Gasteiger partial charge in [-0.25, -0.2) is 0 Å². The minimum atomic E-state index is 0.649. The van der Waals surface area contributed by atoms with Crippen LogP contribution in [0.25, 0.3) is 98.6 Å². The van der Waals surface area contributed by atoms with Gasteiger partial charge < -0.3 is 8.83 Å². The Kier molecular flexibility index (Phi) is 7.21. The number of furan rings is 2. The van der Waals surface area contributed by atoms with Crippen molar-refractivity contribution >= 4 is 93.2 Å². The topological polar surface area (TPSA) is 38.6 Å². The molecule has 1 aliphatic rings. The van der Waals surface area contributed by atoms with Crippen molar-refractivity contribution in [3.8, 4) is 11.1 Å². The van der Waals surface area contributed by atoms with Gasteiger partial charge in [0.1, 0.15) is 22.3 Å². The first-order valence-electron chi connectivity index (χ1n) is 19.9. The van der Waals surface area contributed by atoms with Crippen molar-refractivity contribution in [2.24, 2.45) is 4.99 Å². The SMILES string of the molecule is CC1=C(c2ccccc2)N=C(c2ccc3c(c2)oc2ccccc23)CC=C1c1cccc2c1oc1cccc(-c3ccc4c5ccccc5c5ccccc5c4c3)c12. The third-order valence-electron chi connectivity index (χ3n) is 12.1. The van der Waals surface area contributed by atoms with E-state index >= 15 is 0 Å². The molecule has 9 aromatic carbocycles. The van der Waals surface area contributed by atoms with Crippen LogP contribution in [-0.2, 0) is 0 Å². The molecule has 0 saturated heterocycles. The summed E-state index contributed by atoms with van der Waals surface area (Å²) >= 11 is 0. The molecular formula is C55H35NO2. The third kappa shape index (κ3) is 4.96. The molecule has 0 radical (unpaired) electrons. The predicted octanol–water partition coefficient (Wildman–Crippen LogP) is 15.3. The van der Waals surface area contributed by atoms with Crippen LogP contribution in [0.4, 0.5) is 0 Å². The van der Waals surface area contributed by atoms with Crippen molar-refractivity contribution < 1.29 is 8.83 Å². The zero-order chi connectivity index (χ0) is 38.3. The van der Waals surface area contributed by atoms with Crippen molar-refractivity contribution in [2.75, 3.05) is 0 Å². The van der Waals surface area contributed by atoms with Gasteiger partial charge in [0, 0.05) is 44.7 Å². The second kappa shape index (κ2) is 12.8. The van der Waals surface area contributed by atoms with Gasteiger partial charge in [0.25, 0.3) is 0 Å². The molecule has 0 spiro atoms. The number of allylic oxidation sites excluding steroid dienone is 3. The van der Waals surface area contributed by atoms with Gasteiger partial charge in [0.15, 0.2) is 0 Å². The molecule has 12 rings (SSSR count). The monoisotopic (exact) mass is 741 g/mol. The lowest BCUT2D eigenvalue weighted by Crippen LogP contribution is -1.99. The standard InChI is InChI=1S/C55H35NO2/c1-33-37(29-30-49(56-54(33)34-13-3-2-4-14-34)36-26-28-45-44-19-9-10-23-50(44)57-52(45)32-36)46-21-11-22-47-53-38(20-12-24-51(53)58-55(46)47)35-25-27-43-41-17-6-5-15-39(41)40-16-7-8-18-42(40)48(43)31-35/h2-29,31-32H,30H2,1H3. The van der Waals surface area contributed by atoms with Gasteiger partial charge in [-0.05, 0) is 91.8 Å². The fourth-order valence-electron chi connectivity index (χ4n) is 9.40. The van der Waals surface area contributed by atoms with Crippen molar-refractivity contribution in [3.05, 3.63) is 204 Å². The molecule has 0 saturated carbocycles. The van der Waals surface area contributed by atoms with Crippen LogP contribution in [0.5, 0.6) is 0 Å². The molecule has 0 atom stereocenters. The van der Waals surface area contributed by atoms with Crippen molar-refractivity contribution in [1.29, 1.82) is 0 Å². The first-order valence-corrected chi connectivity index (χ1v) is 19.9. The van der Waals surface area contributed by atoms with Crippen LogP contribution < -0.4 is 0 Å². The summed E-state index contributed by atoms with van der Waals surface area (Å²) in [6.07, 6.45) is 2.98. The highest BCUT2D eigenvalue weighted by Gasteiger charge is 2.23. The molecule has 0 N–H and O–H groups in total. The van der Waals surface area contributed by atoms with Crippen LogP contribution in [0.15, 0.2) is 201 Å². The number of para-hydroxylation sites is 2. The minimum absolute atomic E-state index is 0.649. The van der Waals surface area contributed by atoms with Crippen LogP contribution in [0.2, 0.25) is 0 Å². The summed E-state index contributed by atoms with van der Waals surface area (Å²) in [4.78, 5) is 5.45. The average molecular weight is 742 g/mol. The lowest BCUT2D eigenvalue weighted by atomic mass is 9.90. The van der Waals surface area contributed by atoms with Crippen LogP contribution in [0.1, 0.15) is 30.0 Å². The van der Waals surface area contributed by atoms with Crippen molar-refractivity contribution in [1.82, 2.24) is 0 Å². The van der Waals surface area contributed by atoms with E-state index in [1.54, 1.807) is 0 Å². The Morgan fingerprint density at radius 3 is 1.79 bits per heavy atom. The normalized spacial score (nSPS) is 13.7. The molecule has 11 aromatic rings. The fourth-order valence-corrected chi connectivity index (χ4v) is 9.40. The Balaban J connectivity index is 1.03. The molecule has 2 aromatic heterocycles. The number of benzene rings is 9. The summed E-state index contributed by atoms with van der Waals surface area (Å²) in [5.41, 5.74) is 13.2. The van der Waals surface area contributed by atoms with Gasteiger partial charge in [-0.2, -0.15) is 0 Å². The largest absolute Gasteiger partial charge is 0.456 e. The summed E-state index contributed by atoms with van der Waals surface area (Å²) in [6.45, 7) is 2.19. The summed E-state index contributed by atoms with van der Waals surface area (Å²) in [5.74, 6) is 0. The molecule has 0 unspecified atom stereocenters. The molecule has 0 bridgehead atoms. The Morgan fingerprint density at radius 2 is 1.00 bits per heavy atom. The van der Waals surface area contributed by atoms with E-state index in [2.05, 4.69) is 177 Å². The molecule has 272 valence electrons. The summed E-state index contributed by atoms with van der Waals surface area (Å²) in [5, 5.41) is 12.1. The number of rotatable bonds is 4. The average Bonchev–Trinajstić information content (AvgIpc) is 3.81. The number of hydrogen-bond donors (Lipinski definition) is 0. The molecule has 58 heavy (non-hydrogen) atoms. The smallest absolute Gasteiger partial charge is 0.143 e. The highest BCUT2D eigenvalue weighted by Crippen LogP contribution is 2.44. The van der Waals surface area contributed by atoms with Crippen LogP contribution in [0, 0.1) is 0 Å². The van der Waals surface area contributed by atoms with E-state index in [9.17, 15) is 0 Å². The van der Waals surface area contributed by atoms with E-state index in [1.165, 1.54) is 37.9 Å². The first-order chi connectivity index (χ1) is 28.7. The fraction of sp³-hybridized carbons (Fsp3) is 0.0364. The van der Waals surface area contributed by atoms with E-state index in [1.807, 2.05) is 12.1 Å². The van der Waals surface area contributed by atoms with Gasteiger partial charge >= 0.3 is 0 Å². The summed E-state index contributed by atoms with van der Waals surface area (Å²) < 4.78 is 13.2. The minimum Gasteiger partial charge on any atom is -0.456 e. The molecular weight excluding hydrogens is 707 g/mol. The van der Waals surface area contributed by atoms with Gasteiger partial charge in [0.05, 0.1) is 11.4 Å². The highest BCUT2D eigenvalue weighted by atomic mass is 16.3. The highest BCUT2D eigenvalue weighted by molar-refractivity contribution is 6.26. The van der Waals surface area contributed by atoms with E-state index in [-0.39, 0.29) is 0 Å². The molecule has 0 amide bonds. The molecule has 3 nitrogen and oxygen atoms in total. The van der Waals surface area contributed by atoms with Gasteiger partial charge in [-0.15, -0.1) is 0 Å². The number of fused-ring (bicyclic) bond motifs is 12. The number of aliphatic imine (C=N–C) groups is 1. The van der Waals surface area contributed by atoms with E-state index in [0.717, 1.165) is 88.7 Å². The van der Waals surface area contributed by atoms with E-state index in [4.69, 9.17) is 13.8 Å².